The Morgan fingerprint density at radius 1 is 1.12 bits per heavy atom. The molecule has 0 fully saturated rings. The summed E-state index contributed by atoms with van der Waals surface area (Å²) in [6, 6.07) is 14.4. The zero-order valence-electron chi connectivity index (χ0n) is 13.7. The number of alkyl halides is 2. The Kier molecular flexibility index (Phi) is 7.53. The van der Waals surface area contributed by atoms with Gasteiger partial charge in [0.1, 0.15) is 0 Å². The highest BCUT2D eigenvalue weighted by Crippen LogP contribution is 2.30. The molecule has 0 heterocycles. The normalized spacial score (nSPS) is 10.6. The maximum atomic E-state index is 12.3. The van der Waals surface area contributed by atoms with Crippen molar-refractivity contribution in [3.05, 3.63) is 59.7 Å². The molecule has 0 aliphatic heterocycles. The molecule has 0 radical (unpaired) electrons. The summed E-state index contributed by atoms with van der Waals surface area (Å²) < 4.78 is 34.0. The van der Waals surface area contributed by atoms with Crippen molar-refractivity contribution < 1.29 is 23.0 Å². The predicted molar refractivity (Wildman–Crippen MR) is 94.1 cm³/mol. The van der Waals surface area contributed by atoms with Gasteiger partial charge in [0.25, 0.3) is 0 Å². The van der Waals surface area contributed by atoms with Crippen LogP contribution in [0.25, 0.3) is 0 Å². The van der Waals surface area contributed by atoms with E-state index < -0.39 is 6.61 Å². The number of carbonyl (C=O) groups excluding carboxylic acids is 1. The molecular weight excluding hydrogens is 348 g/mol. The molecular formula is C18H19F2NO3S. The van der Waals surface area contributed by atoms with Gasteiger partial charge in [-0.15, -0.1) is 11.8 Å². The summed E-state index contributed by atoms with van der Waals surface area (Å²) in [5, 5.41) is 2.85. The molecule has 7 heteroatoms. The lowest BCUT2D eigenvalue weighted by molar-refractivity contribution is -0.118. The summed E-state index contributed by atoms with van der Waals surface area (Å²) in [4.78, 5) is 11.8. The molecule has 2 aromatic carbocycles. The summed E-state index contributed by atoms with van der Waals surface area (Å²) >= 11 is 1.43. The van der Waals surface area contributed by atoms with Gasteiger partial charge in [0.2, 0.25) is 5.91 Å². The average molecular weight is 367 g/mol. The number of hydrogen-bond donors (Lipinski definition) is 1. The van der Waals surface area contributed by atoms with Gasteiger partial charge in [-0.1, -0.05) is 36.4 Å². The fourth-order valence-electron chi connectivity index (χ4n) is 2.10. The van der Waals surface area contributed by atoms with E-state index in [-0.39, 0.29) is 17.4 Å². The number of methoxy groups -OCH3 is 1. The number of rotatable bonds is 9. The van der Waals surface area contributed by atoms with Crippen LogP contribution in [0.2, 0.25) is 0 Å². The highest BCUT2D eigenvalue weighted by molar-refractivity contribution is 7.99. The Bertz CT molecular complexity index is 683. The molecule has 0 bridgehead atoms. The molecule has 2 rings (SSSR count). The van der Waals surface area contributed by atoms with Crippen LogP contribution in [0.4, 0.5) is 8.78 Å². The van der Waals surface area contributed by atoms with Crippen molar-refractivity contribution in [1.82, 2.24) is 5.32 Å². The third-order valence-corrected chi connectivity index (χ3v) is 4.28. The molecule has 0 aromatic heterocycles. The van der Waals surface area contributed by atoms with Crippen LogP contribution in [0.5, 0.6) is 11.5 Å². The Hall–Kier alpha value is -2.28. The van der Waals surface area contributed by atoms with Crippen LogP contribution in [0, 0.1) is 0 Å². The van der Waals surface area contributed by atoms with Crippen LogP contribution >= 0.6 is 11.8 Å². The predicted octanol–water partition coefficient (Wildman–Crippen LogP) is 3.85. The highest BCUT2D eigenvalue weighted by Gasteiger charge is 2.11. The van der Waals surface area contributed by atoms with E-state index in [0.717, 1.165) is 11.1 Å². The Balaban J connectivity index is 1.78. The Morgan fingerprint density at radius 3 is 2.56 bits per heavy atom. The van der Waals surface area contributed by atoms with Crippen molar-refractivity contribution in [3.63, 3.8) is 0 Å². The van der Waals surface area contributed by atoms with Crippen LogP contribution in [-0.2, 0) is 17.1 Å². The lowest BCUT2D eigenvalue weighted by Crippen LogP contribution is -2.24. The van der Waals surface area contributed by atoms with E-state index in [1.807, 2.05) is 30.3 Å². The number of hydrogen-bond acceptors (Lipinski definition) is 4. The first kappa shape index (κ1) is 19.1. The molecule has 0 saturated heterocycles. The van der Waals surface area contributed by atoms with Gasteiger partial charge in [-0.25, -0.2) is 0 Å². The van der Waals surface area contributed by atoms with Crippen molar-refractivity contribution in [2.45, 2.75) is 18.9 Å². The minimum atomic E-state index is -2.90. The van der Waals surface area contributed by atoms with Crippen molar-refractivity contribution in [2.75, 3.05) is 12.9 Å². The van der Waals surface area contributed by atoms with Crippen molar-refractivity contribution in [1.29, 1.82) is 0 Å². The molecule has 2 aromatic rings. The monoisotopic (exact) mass is 367 g/mol. The van der Waals surface area contributed by atoms with Gasteiger partial charge in [-0.05, 0) is 23.3 Å². The van der Waals surface area contributed by atoms with E-state index in [1.165, 1.54) is 24.9 Å². The van der Waals surface area contributed by atoms with E-state index in [9.17, 15) is 13.6 Å². The van der Waals surface area contributed by atoms with Crippen molar-refractivity contribution in [2.24, 2.45) is 0 Å². The summed E-state index contributed by atoms with van der Waals surface area (Å²) in [5.41, 5.74) is 1.90. The van der Waals surface area contributed by atoms with E-state index in [0.29, 0.717) is 18.1 Å². The van der Waals surface area contributed by atoms with E-state index >= 15 is 0 Å². The van der Waals surface area contributed by atoms with Crippen LogP contribution in [0.1, 0.15) is 11.1 Å². The number of ether oxygens (including phenoxy) is 2. The zero-order valence-corrected chi connectivity index (χ0v) is 14.5. The fraction of sp³-hybridized carbons (Fsp3) is 0.278. The molecule has 4 nitrogen and oxygen atoms in total. The SMILES string of the molecule is COc1cc(CSCC(=O)NCc2ccccc2)ccc1OC(F)F. The second-order valence-electron chi connectivity index (χ2n) is 5.12. The van der Waals surface area contributed by atoms with Crippen molar-refractivity contribution in [3.8, 4) is 11.5 Å². The lowest BCUT2D eigenvalue weighted by atomic mass is 10.2. The second kappa shape index (κ2) is 9.88. The molecule has 1 amide bonds. The minimum Gasteiger partial charge on any atom is -0.493 e. The molecule has 0 unspecified atom stereocenters. The summed E-state index contributed by atoms with van der Waals surface area (Å²) in [6.45, 7) is -2.41. The number of amides is 1. The molecule has 0 aliphatic rings. The minimum absolute atomic E-state index is 0.00754. The number of thioether (sulfide) groups is 1. The summed E-state index contributed by atoms with van der Waals surface area (Å²) in [5.74, 6) is 1.05. The van der Waals surface area contributed by atoms with Crippen LogP contribution < -0.4 is 14.8 Å². The number of benzene rings is 2. The number of nitrogens with one attached hydrogen (secondary N) is 1. The van der Waals surface area contributed by atoms with Crippen LogP contribution in [0.15, 0.2) is 48.5 Å². The molecule has 1 N–H and O–H groups in total. The van der Waals surface area contributed by atoms with E-state index in [2.05, 4.69) is 10.1 Å². The quantitative estimate of drug-likeness (QED) is 0.731. The third kappa shape index (κ3) is 6.62. The van der Waals surface area contributed by atoms with Gasteiger partial charge in [0, 0.05) is 12.3 Å². The third-order valence-electron chi connectivity index (χ3n) is 3.28. The van der Waals surface area contributed by atoms with E-state index in [1.54, 1.807) is 12.1 Å². The molecule has 0 saturated carbocycles. The van der Waals surface area contributed by atoms with Gasteiger partial charge < -0.3 is 14.8 Å². The van der Waals surface area contributed by atoms with Crippen LogP contribution in [-0.4, -0.2) is 25.4 Å². The van der Waals surface area contributed by atoms with Gasteiger partial charge in [-0.3, -0.25) is 4.79 Å². The van der Waals surface area contributed by atoms with Crippen LogP contribution in [0.3, 0.4) is 0 Å². The van der Waals surface area contributed by atoms with E-state index in [4.69, 9.17) is 4.74 Å². The maximum Gasteiger partial charge on any atom is 0.387 e. The average Bonchev–Trinajstić information content (AvgIpc) is 2.61. The molecule has 0 spiro atoms. The van der Waals surface area contributed by atoms with Gasteiger partial charge in [-0.2, -0.15) is 8.78 Å². The first-order valence-electron chi connectivity index (χ1n) is 7.58. The smallest absolute Gasteiger partial charge is 0.387 e. The fourth-order valence-corrected chi connectivity index (χ4v) is 2.91. The maximum absolute atomic E-state index is 12.3. The first-order valence-corrected chi connectivity index (χ1v) is 8.74. The Labute approximate surface area is 149 Å². The Morgan fingerprint density at radius 2 is 1.88 bits per heavy atom. The first-order chi connectivity index (χ1) is 12.1. The van der Waals surface area contributed by atoms with Gasteiger partial charge >= 0.3 is 6.61 Å². The molecule has 25 heavy (non-hydrogen) atoms. The zero-order chi connectivity index (χ0) is 18.1. The van der Waals surface area contributed by atoms with Gasteiger partial charge in [0.15, 0.2) is 11.5 Å². The summed E-state index contributed by atoms with van der Waals surface area (Å²) in [7, 11) is 1.39. The second-order valence-corrected chi connectivity index (χ2v) is 6.10. The molecule has 134 valence electrons. The lowest BCUT2D eigenvalue weighted by Gasteiger charge is -2.11. The largest absolute Gasteiger partial charge is 0.493 e. The number of carbonyl (C=O) groups is 1. The topological polar surface area (TPSA) is 47.6 Å². The highest BCUT2D eigenvalue weighted by atomic mass is 32.2. The number of halogens is 2. The summed E-state index contributed by atoms with van der Waals surface area (Å²) in [6.07, 6.45) is 0. The standard InChI is InChI=1S/C18H19F2NO3S/c1-23-16-9-14(7-8-15(16)24-18(19)20)11-25-12-17(22)21-10-13-5-3-2-4-6-13/h2-9,18H,10-12H2,1H3,(H,21,22). The molecule has 0 aliphatic carbocycles. The van der Waals surface area contributed by atoms with Crippen molar-refractivity contribution >= 4 is 17.7 Å². The van der Waals surface area contributed by atoms with Gasteiger partial charge in [0.05, 0.1) is 12.9 Å². The molecule has 0 atom stereocenters.